The number of unbranched alkanes of at least 4 members (excludes halogenated alkanes) is 25. The third-order valence-corrected chi connectivity index (χ3v) is 11.7. The van der Waals surface area contributed by atoms with Gasteiger partial charge in [0, 0.05) is 19.6 Å². The summed E-state index contributed by atoms with van der Waals surface area (Å²) in [6, 6.07) is 0. The van der Waals surface area contributed by atoms with Crippen LogP contribution in [-0.4, -0.2) is 49.9 Å². The number of ether oxygens (including phenoxy) is 2. The summed E-state index contributed by atoms with van der Waals surface area (Å²) < 4.78 is 33.6. The van der Waals surface area contributed by atoms with Crippen LogP contribution in [0.1, 0.15) is 226 Å². The summed E-state index contributed by atoms with van der Waals surface area (Å²) in [5.41, 5.74) is 5.39. The molecular weight excluding hydrogens is 782 g/mol. The number of esters is 1. The number of hydrogen-bond acceptors (Lipinski definition) is 7. The highest BCUT2D eigenvalue weighted by Gasteiger charge is 2.25. The Labute approximate surface area is 376 Å². The maximum atomic E-state index is 12.6. The van der Waals surface area contributed by atoms with Crippen molar-refractivity contribution in [1.29, 1.82) is 0 Å². The number of carbonyl (C=O) groups excluding carboxylic acids is 1. The Kier molecular flexibility index (Phi) is 47.8. The van der Waals surface area contributed by atoms with E-state index in [1.807, 2.05) is 0 Å². The fourth-order valence-electron chi connectivity index (χ4n) is 7.02. The van der Waals surface area contributed by atoms with E-state index in [4.69, 9.17) is 24.3 Å². The van der Waals surface area contributed by atoms with Crippen molar-refractivity contribution in [3.8, 4) is 0 Å². The van der Waals surface area contributed by atoms with Crippen LogP contribution in [0.15, 0.2) is 60.8 Å². The minimum Gasteiger partial charge on any atom is -0.457 e. The van der Waals surface area contributed by atoms with Crippen LogP contribution >= 0.6 is 7.82 Å². The van der Waals surface area contributed by atoms with Gasteiger partial charge in [-0.2, -0.15) is 0 Å². The van der Waals surface area contributed by atoms with Gasteiger partial charge >= 0.3 is 13.8 Å². The first-order valence-electron chi connectivity index (χ1n) is 25.3. The lowest BCUT2D eigenvalue weighted by molar-refractivity contribution is -0.154. The van der Waals surface area contributed by atoms with Gasteiger partial charge in [0.15, 0.2) is 0 Å². The summed E-state index contributed by atoms with van der Waals surface area (Å²) in [6.07, 6.45) is 61.1. The Morgan fingerprint density at radius 1 is 0.508 bits per heavy atom. The molecule has 0 saturated heterocycles. The Morgan fingerprint density at radius 3 is 1.38 bits per heavy atom. The lowest BCUT2D eigenvalue weighted by Crippen LogP contribution is -2.28. The molecule has 0 radical (unpaired) electrons. The van der Waals surface area contributed by atoms with Crippen LogP contribution in [0.3, 0.4) is 0 Å². The molecule has 3 N–H and O–H groups in total. The average molecular weight is 878 g/mol. The van der Waals surface area contributed by atoms with Gasteiger partial charge in [0.2, 0.25) is 0 Å². The second-order valence-electron chi connectivity index (χ2n) is 16.7. The molecule has 8 nitrogen and oxygen atoms in total. The van der Waals surface area contributed by atoms with Gasteiger partial charge in [0.25, 0.3) is 0 Å². The zero-order valence-electron chi connectivity index (χ0n) is 39.6. The van der Waals surface area contributed by atoms with Gasteiger partial charge in [-0.3, -0.25) is 13.8 Å². The minimum absolute atomic E-state index is 0.0956. The molecule has 0 saturated carbocycles. The van der Waals surface area contributed by atoms with Gasteiger partial charge in [-0.05, 0) is 57.8 Å². The predicted octanol–water partition coefficient (Wildman–Crippen LogP) is 15.7. The van der Waals surface area contributed by atoms with E-state index in [0.717, 1.165) is 83.5 Å². The van der Waals surface area contributed by atoms with Gasteiger partial charge in [0.05, 0.1) is 19.8 Å². The van der Waals surface area contributed by atoms with E-state index < -0.39 is 13.9 Å². The molecule has 2 unspecified atom stereocenters. The van der Waals surface area contributed by atoms with Crippen molar-refractivity contribution in [1.82, 2.24) is 0 Å². The monoisotopic (exact) mass is 878 g/mol. The third-order valence-electron chi connectivity index (χ3n) is 10.7. The van der Waals surface area contributed by atoms with Crippen LogP contribution in [0.25, 0.3) is 0 Å². The van der Waals surface area contributed by atoms with Crippen molar-refractivity contribution >= 4 is 13.8 Å². The third kappa shape index (κ3) is 49.1. The summed E-state index contributed by atoms with van der Waals surface area (Å²) in [5, 5.41) is 0. The van der Waals surface area contributed by atoms with E-state index in [9.17, 15) is 14.3 Å². The highest BCUT2D eigenvalue weighted by Crippen LogP contribution is 2.43. The lowest BCUT2D eigenvalue weighted by atomic mass is 10.0. The number of carbonyl (C=O) groups is 1. The first-order chi connectivity index (χ1) is 29.9. The smallest absolute Gasteiger partial charge is 0.457 e. The van der Waals surface area contributed by atoms with Crippen LogP contribution in [-0.2, 0) is 27.9 Å². The van der Waals surface area contributed by atoms with Gasteiger partial charge < -0.3 is 20.1 Å². The molecule has 0 heterocycles. The van der Waals surface area contributed by atoms with Crippen LogP contribution in [0.5, 0.6) is 0 Å². The van der Waals surface area contributed by atoms with Crippen molar-refractivity contribution in [2.45, 2.75) is 232 Å². The van der Waals surface area contributed by atoms with E-state index in [2.05, 4.69) is 74.6 Å². The quantitative estimate of drug-likeness (QED) is 0.0269. The van der Waals surface area contributed by atoms with Gasteiger partial charge in [-0.25, -0.2) is 4.57 Å². The summed E-state index contributed by atoms with van der Waals surface area (Å²) in [5.74, 6) is -0.347. The molecule has 356 valence electrons. The van der Waals surface area contributed by atoms with E-state index in [1.54, 1.807) is 0 Å². The number of hydrogen-bond donors (Lipinski definition) is 2. The van der Waals surface area contributed by atoms with E-state index in [-0.39, 0.29) is 32.3 Å². The van der Waals surface area contributed by atoms with Crippen LogP contribution < -0.4 is 5.73 Å². The maximum absolute atomic E-state index is 12.6. The lowest BCUT2D eigenvalue weighted by Gasteiger charge is -2.20. The Balaban J connectivity index is 3.98. The SMILES string of the molecule is CC/C=C\C/C=C\C/C=C\C/C=C\C/C=C\CCCCCCCC(=O)OC(COCCCCCCCCCCCCCCCCCCCCCCC)COP(=O)(O)OCCN. The molecule has 0 aromatic carbocycles. The molecule has 0 aliphatic heterocycles. The Bertz CT molecular complexity index is 1120. The molecule has 2 atom stereocenters. The summed E-state index contributed by atoms with van der Waals surface area (Å²) in [6.45, 7) is 4.81. The second kappa shape index (κ2) is 49.2. The number of nitrogens with two attached hydrogens (primary N) is 1. The molecule has 0 aliphatic rings. The standard InChI is InChI=1S/C52H96NO7P/c1-3-5-7-9-11-13-15-17-19-21-23-25-27-29-31-33-35-37-39-41-43-45-52(54)60-51(50-59-61(55,56)58-48-46-53)49-57-47-44-42-40-38-36-34-32-30-28-26-24-22-20-18-16-14-12-10-8-6-4-2/h5,7,11,13,17,19,23,25,29,31,51H,3-4,6,8-10,12,14-16,18,20-22,24,26-28,30,32-50,53H2,1-2H3,(H,55,56)/b7-5-,13-11-,19-17-,25-23-,31-29-. The fraction of sp³-hybridized carbons (Fsp3) is 0.788. The number of rotatable bonds is 48. The van der Waals surface area contributed by atoms with Gasteiger partial charge in [0.1, 0.15) is 6.10 Å². The molecule has 61 heavy (non-hydrogen) atoms. The van der Waals surface area contributed by atoms with E-state index >= 15 is 0 Å². The van der Waals surface area contributed by atoms with Crippen LogP contribution in [0.2, 0.25) is 0 Å². The second-order valence-corrected chi connectivity index (χ2v) is 18.1. The Hall–Kier alpha value is -1.80. The summed E-state index contributed by atoms with van der Waals surface area (Å²) >= 11 is 0. The molecule has 0 spiro atoms. The van der Waals surface area contributed by atoms with Crippen molar-refractivity contribution in [3.63, 3.8) is 0 Å². The molecule has 9 heteroatoms. The summed E-state index contributed by atoms with van der Waals surface area (Å²) in [7, 11) is -4.29. The topological polar surface area (TPSA) is 117 Å². The van der Waals surface area contributed by atoms with Gasteiger partial charge in [-0.1, -0.05) is 222 Å². The van der Waals surface area contributed by atoms with E-state index in [1.165, 1.54) is 122 Å². The van der Waals surface area contributed by atoms with Crippen molar-refractivity contribution < 1.29 is 32.8 Å². The normalized spacial score (nSPS) is 13.8. The first kappa shape index (κ1) is 59.2. The molecule has 0 rings (SSSR count). The zero-order valence-corrected chi connectivity index (χ0v) is 40.5. The first-order valence-corrected chi connectivity index (χ1v) is 26.8. The zero-order chi connectivity index (χ0) is 44.4. The molecular formula is C52H96NO7P. The van der Waals surface area contributed by atoms with E-state index in [0.29, 0.717) is 13.0 Å². The van der Waals surface area contributed by atoms with Crippen molar-refractivity contribution in [3.05, 3.63) is 60.8 Å². The number of phosphoric acid groups is 1. The van der Waals surface area contributed by atoms with Crippen molar-refractivity contribution in [2.75, 3.05) is 33.0 Å². The van der Waals surface area contributed by atoms with Crippen LogP contribution in [0, 0.1) is 0 Å². The summed E-state index contributed by atoms with van der Waals surface area (Å²) in [4.78, 5) is 22.6. The number of allylic oxidation sites excluding steroid dienone is 10. The van der Waals surface area contributed by atoms with Crippen molar-refractivity contribution in [2.24, 2.45) is 5.73 Å². The predicted molar refractivity (Wildman–Crippen MR) is 261 cm³/mol. The highest BCUT2D eigenvalue weighted by molar-refractivity contribution is 7.47. The Morgan fingerprint density at radius 2 is 0.918 bits per heavy atom. The molecule has 0 aromatic rings. The molecule has 0 aliphatic carbocycles. The average Bonchev–Trinajstić information content (AvgIpc) is 3.25. The largest absolute Gasteiger partial charge is 0.472 e. The molecule has 0 aromatic heterocycles. The molecule has 0 fully saturated rings. The molecule has 0 amide bonds. The van der Waals surface area contributed by atoms with Gasteiger partial charge in [-0.15, -0.1) is 0 Å². The van der Waals surface area contributed by atoms with Crippen LogP contribution in [0.4, 0.5) is 0 Å². The fourth-order valence-corrected chi connectivity index (χ4v) is 7.79. The highest BCUT2D eigenvalue weighted by atomic mass is 31.2. The number of phosphoric ester groups is 1. The maximum Gasteiger partial charge on any atom is 0.472 e. The minimum atomic E-state index is -4.29. The molecule has 0 bridgehead atoms.